The number of fused-ring (bicyclic) bond motifs is 5. The third-order valence-electron chi connectivity index (χ3n) is 5.54. The van der Waals surface area contributed by atoms with Crippen molar-refractivity contribution in [2.75, 3.05) is 31.3 Å². The molecule has 0 saturated carbocycles. The van der Waals surface area contributed by atoms with Crippen LogP contribution in [0.15, 0.2) is 36.4 Å². The highest BCUT2D eigenvalue weighted by Gasteiger charge is 2.57. The largest absolute Gasteiger partial charge is 0.491 e. The van der Waals surface area contributed by atoms with Crippen LogP contribution in [-0.2, 0) is 15.0 Å². The van der Waals surface area contributed by atoms with Crippen LogP contribution in [0.1, 0.15) is 24.5 Å². The molecule has 5 rings (SSSR count). The Morgan fingerprint density at radius 1 is 1.04 bits per heavy atom. The minimum absolute atomic E-state index is 0.0246. The van der Waals surface area contributed by atoms with Crippen LogP contribution in [0.4, 0.5) is 5.69 Å². The number of hydrogen-bond acceptors (Lipinski definition) is 5. The minimum Gasteiger partial charge on any atom is -0.491 e. The minimum atomic E-state index is -0.949. The van der Waals surface area contributed by atoms with Gasteiger partial charge in [0, 0.05) is 23.7 Å². The van der Waals surface area contributed by atoms with Crippen LogP contribution < -0.4 is 19.1 Å². The summed E-state index contributed by atoms with van der Waals surface area (Å²) in [6.45, 7) is 3.06. The number of Topliss-reactive ketones (excluding diaryl/α,β-unsaturated/α-hetero) is 1. The number of para-hydroxylation sites is 1. The molecule has 27 heavy (non-hydrogen) atoms. The number of amides is 1. The van der Waals surface area contributed by atoms with Crippen molar-refractivity contribution in [2.24, 2.45) is 0 Å². The van der Waals surface area contributed by atoms with Gasteiger partial charge in [0.25, 0.3) is 0 Å². The molecule has 1 unspecified atom stereocenters. The Morgan fingerprint density at radius 3 is 2.56 bits per heavy atom. The smallest absolute Gasteiger partial charge is 0.246 e. The lowest BCUT2D eigenvalue weighted by molar-refractivity contribution is -0.124. The molecule has 3 aliphatic rings. The maximum Gasteiger partial charge on any atom is 0.246 e. The summed E-state index contributed by atoms with van der Waals surface area (Å²) in [5.74, 6) is 1.79. The summed E-state index contributed by atoms with van der Waals surface area (Å²) in [4.78, 5) is 27.3. The number of ketones is 1. The normalized spacial score (nSPS) is 21.8. The van der Waals surface area contributed by atoms with E-state index in [1.165, 1.54) is 0 Å². The molecule has 6 nitrogen and oxygen atoms in total. The molecular formula is C21H19NO5. The second kappa shape index (κ2) is 5.74. The van der Waals surface area contributed by atoms with E-state index in [9.17, 15) is 9.59 Å². The zero-order chi connectivity index (χ0) is 18.6. The Balaban J connectivity index is 1.68. The van der Waals surface area contributed by atoms with E-state index >= 15 is 0 Å². The summed E-state index contributed by atoms with van der Waals surface area (Å²) < 4.78 is 17.3. The maximum atomic E-state index is 13.6. The average molecular weight is 365 g/mol. The van der Waals surface area contributed by atoms with E-state index in [0.29, 0.717) is 36.9 Å². The van der Waals surface area contributed by atoms with Crippen molar-refractivity contribution in [1.82, 2.24) is 0 Å². The van der Waals surface area contributed by atoms with Gasteiger partial charge in [-0.3, -0.25) is 9.59 Å². The molecule has 3 heterocycles. The van der Waals surface area contributed by atoms with Crippen LogP contribution in [0.5, 0.6) is 17.2 Å². The fourth-order valence-corrected chi connectivity index (χ4v) is 4.16. The highest BCUT2D eigenvalue weighted by Crippen LogP contribution is 2.54. The zero-order valence-corrected chi connectivity index (χ0v) is 15.0. The van der Waals surface area contributed by atoms with Gasteiger partial charge in [-0.1, -0.05) is 25.1 Å². The Labute approximate surface area is 156 Å². The predicted molar refractivity (Wildman–Crippen MR) is 97.8 cm³/mol. The number of carbonyl (C=O) groups is 2. The first-order valence-corrected chi connectivity index (χ1v) is 9.15. The van der Waals surface area contributed by atoms with Crippen molar-refractivity contribution in [1.29, 1.82) is 0 Å². The van der Waals surface area contributed by atoms with Crippen LogP contribution in [0.2, 0.25) is 0 Å². The SMILES string of the molecule is CCC(=O)CN1C(=O)C2(COc3cc4c(cc32)OCCO4)c2ccccc21. The molecule has 0 aliphatic carbocycles. The molecule has 6 heteroatoms. The van der Waals surface area contributed by atoms with Crippen molar-refractivity contribution >= 4 is 17.4 Å². The highest BCUT2D eigenvalue weighted by molar-refractivity contribution is 6.13. The number of nitrogens with zero attached hydrogens (tertiary/aromatic N) is 1. The Bertz CT molecular complexity index is 969. The van der Waals surface area contributed by atoms with Gasteiger partial charge in [-0.2, -0.15) is 0 Å². The number of carbonyl (C=O) groups excluding carboxylic acids is 2. The van der Waals surface area contributed by atoms with E-state index in [2.05, 4.69) is 0 Å². The summed E-state index contributed by atoms with van der Waals surface area (Å²) in [5, 5.41) is 0. The topological polar surface area (TPSA) is 65.1 Å². The van der Waals surface area contributed by atoms with E-state index in [1.54, 1.807) is 11.0 Å². The number of rotatable bonds is 3. The molecule has 0 aromatic heterocycles. The molecule has 138 valence electrons. The number of hydrogen-bond donors (Lipinski definition) is 0. The van der Waals surface area contributed by atoms with Crippen molar-refractivity contribution in [3.05, 3.63) is 47.5 Å². The number of benzene rings is 2. The zero-order valence-electron chi connectivity index (χ0n) is 15.0. The molecule has 0 radical (unpaired) electrons. The summed E-state index contributed by atoms with van der Waals surface area (Å²) in [6, 6.07) is 11.3. The van der Waals surface area contributed by atoms with Gasteiger partial charge in [-0.15, -0.1) is 0 Å². The van der Waals surface area contributed by atoms with E-state index < -0.39 is 5.41 Å². The third-order valence-corrected chi connectivity index (χ3v) is 5.54. The summed E-state index contributed by atoms with van der Waals surface area (Å²) in [6.07, 6.45) is 0.394. The van der Waals surface area contributed by atoms with Crippen molar-refractivity contribution in [2.45, 2.75) is 18.8 Å². The lowest BCUT2D eigenvalue weighted by atomic mass is 9.77. The molecule has 0 bridgehead atoms. The standard InChI is InChI=1S/C21H19NO5/c1-2-13(23)11-22-16-6-4-3-5-14(16)21(20(22)24)12-27-17-10-19-18(9-15(17)21)25-7-8-26-19/h3-6,9-10H,2,7-8,11-12H2,1H3. The van der Waals surface area contributed by atoms with Crippen LogP contribution in [0.3, 0.4) is 0 Å². The molecular weight excluding hydrogens is 346 g/mol. The van der Waals surface area contributed by atoms with Gasteiger partial charge in [-0.05, 0) is 17.7 Å². The third kappa shape index (κ3) is 2.13. The van der Waals surface area contributed by atoms with E-state index in [0.717, 1.165) is 16.8 Å². The van der Waals surface area contributed by atoms with E-state index in [4.69, 9.17) is 14.2 Å². The van der Waals surface area contributed by atoms with Crippen molar-refractivity contribution in [3.63, 3.8) is 0 Å². The van der Waals surface area contributed by atoms with E-state index in [1.807, 2.05) is 37.3 Å². The quantitative estimate of drug-likeness (QED) is 0.836. The van der Waals surface area contributed by atoms with Crippen LogP contribution in [0, 0.1) is 0 Å². The first kappa shape index (κ1) is 16.2. The van der Waals surface area contributed by atoms with Gasteiger partial charge in [0.2, 0.25) is 5.91 Å². The molecule has 2 aromatic carbocycles. The van der Waals surface area contributed by atoms with Crippen LogP contribution in [-0.4, -0.2) is 38.1 Å². The van der Waals surface area contributed by atoms with Gasteiger partial charge in [0.15, 0.2) is 17.3 Å². The number of anilines is 1. The molecule has 0 N–H and O–H groups in total. The van der Waals surface area contributed by atoms with Crippen LogP contribution in [0.25, 0.3) is 0 Å². The van der Waals surface area contributed by atoms with Gasteiger partial charge >= 0.3 is 0 Å². The van der Waals surface area contributed by atoms with Crippen molar-refractivity contribution in [3.8, 4) is 17.2 Å². The summed E-state index contributed by atoms with van der Waals surface area (Å²) in [5.41, 5.74) is 1.47. The van der Waals surface area contributed by atoms with Gasteiger partial charge in [0.1, 0.15) is 31.0 Å². The predicted octanol–water partition coefficient (Wildman–Crippen LogP) is 2.46. The molecule has 0 fully saturated rings. The molecule has 3 aliphatic heterocycles. The highest BCUT2D eigenvalue weighted by atomic mass is 16.6. The van der Waals surface area contributed by atoms with Gasteiger partial charge in [-0.25, -0.2) is 0 Å². The fraction of sp³-hybridized carbons (Fsp3) is 0.333. The lowest BCUT2D eigenvalue weighted by Crippen LogP contribution is -2.44. The van der Waals surface area contributed by atoms with Crippen LogP contribution >= 0.6 is 0 Å². The summed E-state index contributed by atoms with van der Waals surface area (Å²) in [7, 11) is 0. The first-order chi connectivity index (χ1) is 13.1. The monoisotopic (exact) mass is 365 g/mol. The number of ether oxygens (including phenoxy) is 3. The maximum absolute atomic E-state index is 13.6. The Kier molecular flexibility index (Phi) is 3.44. The molecule has 1 amide bonds. The molecule has 1 spiro atoms. The fourth-order valence-electron chi connectivity index (χ4n) is 4.16. The van der Waals surface area contributed by atoms with Gasteiger partial charge < -0.3 is 19.1 Å². The average Bonchev–Trinajstić information content (AvgIpc) is 3.19. The molecule has 1 atom stereocenters. The second-order valence-electron chi connectivity index (χ2n) is 6.99. The molecule has 0 saturated heterocycles. The van der Waals surface area contributed by atoms with E-state index in [-0.39, 0.29) is 24.8 Å². The molecule has 2 aromatic rings. The Morgan fingerprint density at radius 2 is 1.78 bits per heavy atom. The second-order valence-corrected chi connectivity index (χ2v) is 6.99. The van der Waals surface area contributed by atoms with Crippen molar-refractivity contribution < 1.29 is 23.8 Å². The van der Waals surface area contributed by atoms with Gasteiger partial charge in [0.05, 0.1) is 6.54 Å². The first-order valence-electron chi connectivity index (χ1n) is 9.15. The summed E-state index contributed by atoms with van der Waals surface area (Å²) >= 11 is 0. The Hall–Kier alpha value is -3.02. The lowest BCUT2D eigenvalue weighted by Gasteiger charge is -2.24.